The molecule has 66 valence electrons. The van der Waals surface area contributed by atoms with Crippen molar-refractivity contribution in [2.75, 3.05) is 26.4 Å². The minimum absolute atomic E-state index is 0.114. The van der Waals surface area contributed by atoms with Gasteiger partial charge in [0.15, 0.2) is 0 Å². The molecule has 0 aromatic carbocycles. The van der Waals surface area contributed by atoms with Crippen LogP contribution in [0.2, 0.25) is 0 Å². The average Bonchev–Trinajstić information content (AvgIpc) is 2.52. The molecule has 1 heterocycles. The molecule has 1 fully saturated rings. The lowest BCUT2D eigenvalue weighted by atomic mass is 10.3. The van der Waals surface area contributed by atoms with E-state index in [0.29, 0.717) is 0 Å². The molecule has 3 nitrogen and oxygen atoms in total. The van der Waals surface area contributed by atoms with E-state index in [4.69, 9.17) is 9.84 Å². The Labute approximate surface area is 65.5 Å². The van der Waals surface area contributed by atoms with Crippen molar-refractivity contribution >= 4 is 0 Å². The molecule has 1 saturated heterocycles. The van der Waals surface area contributed by atoms with Gasteiger partial charge in [0, 0.05) is 6.54 Å². The Morgan fingerprint density at radius 3 is 3.09 bits per heavy atom. The van der Waals surface area contributed by atoms with Crippen LogP contribution in [0.4, 0.5) is 4.39 Å². The number of hydrogen-bond donors (Lipinski definition) is 2. The molecule has 0 aliphatic carbocycles. The van der Waals surface area contributed by atoms with Gasteiger partial charge >= 0.3 is 0 Å². The summed E-state index contributed by atoms with van der Waals surface area (Å²) in [5, 5.41) is 11.9. The molecule has 0 aromatic rings. The molecular formula is C7H14FNO2. The Kier molecular flexibility index (Phi) is 3.76. The van der Waals surface area contributed by atoms with Gasteiger partial charge in [-0.3, -0.25) is 0 Å². The monoisotopic (exact) mass is 163 g/mol. The minimum atomic E-state index is -0.949. The zero-order valence-corrected chi connectivity index (χ0v) is 6.42. The summed E-state index contributed by atoms with van der Waals surface area (Å²) >= 11 is 0. The van der Waals surface area contributed by atoms with Crippen LogP contribution in [0.15, 0.2) is 0 Å². The number of aliphatic hydroxyl groups excluding tert-OH is 1. The second kappa shape index (κ2) is 4.64. The van der Waals surface area contributed by atoms with Crippen LogP contribution in [0.1, 0.15) is 6.42 Å². The highest BCUT2D eigenvalue weighted by molar-refractivity contribution is 4.71. The van der Waals surface area contributed by atoms with Crippen molar-refractivity contribution in [3.8, 4) is 0 Å². The van der Waals surface area contributed by atoms with Crippen LogP contribution >= 0.6 is 0 Å². The standard InChI is InChI=1S/C7H14FNO2/c8-3-6(10)5-11-7-1-2-9-4-7/h6-7,9-10H,1-5H2. The highest BCUT2D eigenvalue weighted by Crippen LogP contribution is 2.03. The molecule has 0 bridgehead atoms. The molecule has 2 atom stereocenters. The van der Waals surface area contributed by atoms with Crippen molar-refractivity contribution < 1.29 is 14.2 Å². The normalized spacial score (nSPS) is 27.3. The predicted octanol–water partition coefficient (Wildman–Crippen LogP) is -0.305. The van der Waals surface area contributed by atoms with E-state index in [-0.39, 0.29) is 12.7 Å². The maximum absolute atomic E-state index is 11.7. The molecule has 1 rings (SSSR count). The number of ether oxygens (including phenoxy) is 1. The van der Waals surface area contributed by atoms with Crippen LogP contribution in [0.5, 0.6) is 0 Å². The SMILES string of the molecule is OC(CF)COC1CCNC1. The summed E-state index contributed by atoms with van der Waals surface area (Å²) in [6, 6.07) is 0. The zero-order chi connectivity index (χ0) is 8.10. The number of alkyl halides is 1. The van der Waals surface area contributed by atoms with E-state index in [1.807, 2.05) is 0 Å². The fraction of sp³-hybridized carbons (Fsp3) is 1.00. The quantitative estimate of drug-likeness (QED) is 0.597. The smallest absolute Gasteiger partial charge is 0.118 e. The first-order chi connectivity index (χ1) is 5.33. The number of aliphatic hydroxyl groups is 1. The van der Waals surface area contributed by atoms with E-state index in [1.54, 1.807) is 0 Å². The van der Waals surface area contributed by atoms with Crippen molar-refractivity contribution in [3.05, 3.63) is 0 Å². The van der Waals surface area contributed by atoms with Gasteiger partial charge in [-0.15, -0.1) is 0 Å². The predicted molar refractivity (Wildman–Crippen MR) is 39.2 cm³/mol. The lowest BCUT2D eigenvalue weighted by molar-refractivity contribution is -0.00925. The third kappa shape index (κ3) is 3.14. The van der Waals surface area contributed by atoms with Crippen molar-refractivity contribution in [1.82, 2.24) is 5.32 Å². The van der Waals surface area contributed by atoms with E-state index in [2.05, 4.69) is 5.32 Å². The molecule has 0 aromatic heterocycles. The maximum Gasteiger partial charge on any atom is 0.118 e. The van der Waals surface area contributed by atoms with Crippen molar-refractivity contribution in [3.63, 3.8) is 0 Å². The van der Waals surface area contributed by atoms with Crippen molar-refractivity contribution in [2.45, 2.75) is 18.6 Å². The molecule has 1 aliphatic rings. The van der Waals surface area contributed by atoms with Gasteiger partial charge in [0.05, 0.1) is 12.7 Å². The van der Waals surface area contributed by atoms with E-state index >= 15 is 0 Å². The van der Waals surface area contributed by atoms with Crippen LogP contribution in [-0.2, 0) is 4.74 Å². The fourth-order valence-electron chi connectivity index (χ4n) is 1.06. The maximum atomic E-state index is 11.7. The van der Waals surface area contributed by atoms with Crippen molar-refractivity contribution in [2.24, 2.45) is 0 Å². The molecule has 2 unspecified atom stereocenters. The van der Waals surface area contributed by atoms with Crippen LogP contribution in [0.3, 0.4) is 0 Å². The topological polar surface area (TPSA) is 41.5 Å². The summed E-state index contributed by atoms with van der Waals surface area (Å²) in [5.74, 6) is 0. The van der Waals surface area contributed by atoms with Gasteiger partial charge in [-0.1, -0.05) is 0 Å². The summed E-state index contributed by atoms with van der Waals surface area (Å²) < 4.78 is 16.9. The third-order valence-electron chi connectivity index (χ3n) is 1.72. The fourth-order valence-corrected chi connectivity index (χ4v) is 1.06. The van der Waals surface area contributed by atoms with E-state index < -0.39 is 12.8 Å². The van der Waals surface area contributed by atoms with Gasteiger partial charge < -0.3 is 15.2 Å². The Bertz CT molecular complexity index is 107. The lowest BCUT2D eigenvalue weighted by Gasteiger charge is -2.12. The largest absolute Gasteiger partial charge is 0.388 e. The molecule has 1 aliphatic heterocycles. The van der Waals surface area contributed by atoms with Gasteiger partial charge in [-0.25, -0.2) is 4.39 Å². The van der Waals surface area contributed by atoms with Gasteiger partial charge in [-0.05, 0) is 13.0 Å². The third-order valence-corrected chi connectivity index (χ3v) is 1.72. The molecular weight excluding hydrogens is 149 g/mol. The average molecular weight is 163 g/mol. The Morgan fingerprint density at radius 1 is 1.73 bits per heavy atom. The lowest BCUT2D eigenvalue weighted by Crippen LogP contribution is -2.24. The molecule has 0 saturated carbocycles. The summed E-state index contributed by atoms with van der Waals surface area (Å²) in [4.78, 5) is 0. The first kappa shape index (κ1) is 8.90. The molecule has 0 amide bonds. The zero-order valence-electron chi connectivity index (χ0n) is 6.42. The van der Waals surface area contributed by atoms with Gasteiger partial charge in [-0.2, -0.15) is 0 Å². The first-order valence-electron chi connectivity index (χ1n) is 3.89. The number of nitrogens with one attached hydrogen (secondary N) is 1. The number of rotatable bonds is 4. The molecule has 2 N–H and O–H groups in total. The summed E-state index contributed by atoms with van der Waals surface area (Å²) in [6.45, 7) is 1.17. The number of halogens is 1. The summed E-state index contributed by atoms with van der Waals surface area (Å²) in [6.07, 6.45) is 0.172. The highest BCUT2D eigenvalue weighted by Gasteiger charge is 2.15. The summed E-state index contributed by atoms with van der Waals surface area (Å²) in [5.41, 5.74) is 0. The highest BCUT2D eigenvalue weighted by atomic mass is 19.1. The Balaban J connectivity index is 2.01. The molecule has 11 heavy (non-hydrogen) atoms. The van der Waals surface area contributed by atoms with E-state index in [9.17, 15) is 4.39 Å². The molecule has 0 radical (unpaired) electrons. The molecule has 0 spiro atoms. The minimum Gasteiger partial charge on any atom is -0.388 e. The second-order valence-corrected chi connectivity index (χ2v) is 2.76. The Hall–Kier alpha value is -0.190. The first-order valence-corrected chi connectivity index (χ1v) is 3.89. The van der Waals surface area contributed by atoms with Crippen LogP contribution in [0.25, 0.3) is 0 Å². The van der Waals surface area contributed by atoms with E-state index in [1.165, 1.54) is 0 Å². The van der Waals surface area contributed by atoms with Gasteiger partial charge in [0.25, 0.3) is 0 Å². The van der Waals surface area contributed by atoms with Gasteiger partial charge in [0.1, 0.15) is 12.8 Å². The van der Waals surface area contributed by atoms with Crippen LogP contribution < -0.4 is 5.32 Å². The van der Waals surface area contributed by atoms with Crippen LogP contribution in [-0.4, -0.2) is 43.7 Å². The van der Waals surface area contributed by atoms with Gasteiger partial charge in [0.2, 0.25) is 0 Å². The second-order valence-electron chi connectivity index (χ2n) is 2.76. The van der Waals surface area contributed by atoms with E-state index in [0.717, 1.165) is 19.5 Å². The molecule has 4 heteroatoms. The van der Waals surface area contributed by atoms with Crippen LogP contribution in [0, 0.1) is 0 Å². The number of hydrogen-bond acceptors (Lipinski definition) is 3. The van der Waals surface area contributed by atoms with Crippen molar-refractivity contribution in [1.29, 1.82) is 0 Å². The summed E-state index contributed by atoms with van der Waals surface area (Å²) in [7, 11) is 0. The Morgan fingerprint density at radius 2 is 2.55 bits per heavy atom.